The van der Waals surface area contributed by atoms with Gasteiger partial charge in [-0.3, -0.25) is 9.69 Å². The molecule has 0 unspecified atom stereocenters. The number of hydrogen-bond donors (Lipinski definition) is 1. The maximum Gasteiger partial charge on any atom is 0.224 e. The Kier molecular flexibility index (Phi) is 4.80. The number of ether oxygens (including phenoxy) is 1. The minimum Gasteiger partial charge on any atom is -0.497 e. The molecular weight excluding hydrogens is 326 g/mol. The third-order valence-corrected chi connectivity index (χ3v) is 5.31. The lowest BCUT2D eigenvalue weighted by Crippen LogP contribution is -2.46. The van der Waals surface area contributed by atoms with Gasteiger partial charge in [0, 0.05) is 50.5 Å². The number of piperazine rings is 1. The third-order valence-electron chi connectivity index (χ3n) is 5.31. The van der Waals surface area contributed by atoms with Crippen LogP contribution in [0.25, 0.3) is 0 Å². The van der Waals surface area contributed by atoms with Crippen LogP contribution >= 0.6 is 0 Å². The van der Waals surface area contributed by atoms with Crippen molar-refractivity contribution in [3.8, 4) is 5.75 Å². The fraction of sp³-hybridized carbons (Fsp3) is 0.381. The quantitative estimate of drug-likeness (QED) is 0.920. The highest BCUT2D eigenvalue weighted by Crippen LogP contribution is 2.32. The van der Waals surface area contributed by atoms with E-state index in [0.717, 1.165) is 50.6 Å². The number of carbonyl (C=O) groups is 1. The maximum atomic E-state index is 11.6. The van der Waals surface area contributed by atoms with Gasteiger partial charge in [-0.25, -0.2) is 0 Å². The normalized spacial score (nSPS) is 17.6. The van der Waals surface area contributed by atoms with E-state index < -0.39 is 0 Å². The van der Waals surface area contributed by atoms with Crippen molar-refractivity contribution in [1.82, 2.24) is 4.90 Å². The molecular formula is C21H25N3O2. The standard InChI is InChI=1S/C21H25N3O2/c1-26-17-7-5-16(6-8-17)15-23-11-13-24(14-12-23)20-4-2-3-19-18(20)9-10-21(25)22-19/h2-8H,9-15H2,1H3,(H,22,25). The Morgan fingerprint density at radius 1 is 1.00 bits per heavy atom. The van der Waals surface area contributed by atoms with Crippen LogP contribution in [0.15, 0.2) is 42.5 Å². The summed E-state index contributed by atoms with van der Waals surface area (Å²) in [6.07, 6.45) is 1.42. The summed E-state index contributed by atoms with van der Waals surface area (Å²) in [5.41, 5.74) is 4.88. The molecule has 0 atom stereocenters. The zero-order valence-electron chi connectivity index (χ0n) is 15.2. The van der Waals surface area contributed by atoms with Gasteiger partial charge in [0.05, 0.1) is 7.11 Å². The summed E-state index contributed by atoms with van der Waals surface area (Å²) in [6.45, 7) is 5.09. The van der Waals surface area contributed by atoms with Crippen LogP contribution in [0, 0.1) is 0 Å². The van der Waals surface area contributed by atoms with Crippen LogP contribution < -0.4 is 15.0 Å². The molecule has 4 rings (SSSR count). The molecule has 1 saturated heterocycles. The van der Waals surface area contributed by atoms with Crippen molar-refractivity contribution in [2.45, 2.75) is 19.4 Å². The molecule has 0 aromatic heterocycles. The molecule has 0 saturated carbocycles. The highest BCUT2D eigenvalue weighted by Gasteiger charge is 2.23. The smallest absolute Gasteiger partial charge is 0.224 e. The number of hydrogen-bond acceptors (Lipinski definition) is 4. The zero-order chi connectivity index (χ0) is 17.9. The molecule has 1 N–H and O–H groups in total. The fourth-order valence-corrected chi connectivity index (χ4v) is 3.84. The number of nitrogens with zero attached hydrogens (tertiary/aromatic N) is 2. The Bertz CT molecular complexity index is 780. The average molecular weight is 351 g/mol. The van der Waals surface area contributed by atoms with Gasteiger partial charge in [-0.15, -0.1) is 0 Å². The first-order chi connectivity index (χ1) is 12.7. The van der Waals surface area contributed by atoms with Gasteiger partial charge in [0.2, 0.25) is 5.91 Å². The summed E-state index contributed by atoms with van der Waals surface area (Å²) in [7, 11) is 1.70. The molecule has 2 aromatic carbocycles. The van der Waals surface area contributed by atoms with Crippen LogP contribution in [-0.4, -0.2) is 44.1 Å². The van der Waals surface area contributed by atoms with E-state index in [0.29, 0.717) is 6.42 Å². The second-order valence-corrected chi connectivity index (χ2v) is 6.96. The monoisotopic (exact) mass is 351 g/mol. The minimum absolute atomic E-state index is 0.124. The van der Waals surface area contributed by atoms with Gasteiger partial charge in [0.15, 0.2) is 0 Å². The number of anilines is 2. The Labute approximate surface area is 154 Å². The van der Waals surface area contributed by atoms with Crippen molar-refractivity contribution in [1.29, 1.82) is 0 Å². The number of methoxy groups -OCH3 is 1. The number of rotatable bonds is 4. The average Bonchev–Trinajstić information content (AvgIpc) is 2.68. The highest BCUT2D eigenvalue weighted by atomic mass is 16.5. The lowest BCUT2D eigenvalue weighted by molar-refractivity contribution is -0.116. The molecule has 5 heteroatoms. The van der Waals surface area contributed by atoms with Gasteiger partial charge >= 0.3 is 0 Å². The number of carbonyl (C=O) groups excluding carboxylic acids is 1. The summed E-state index contributed by atoms with van der Waals surface area (Å²) in [4.78, 5) is 16.6. The predicted molar refractivity (Wildman–Crippen MR) is 104 cm³/mol. The van der Waals surface area contributed by atoms with Crippen molar-refractivity contribution in [2.75, 3.05) is 43.5 Å². The van der Waals surface area contributed by atoms with Crippen molar-refractivity contribution in [3.05, 3.63) is 53.6 Å². The van der Waals surface area contributed by atoms with E-state index in [1.807, 2.05) is 24.3 Å². The molecule has 1 amide bonds. The molecule has 5 nitrogen and oxygen atoms in total. The van der Waals surface area contributed by atoms with Crippen molar-refractivity contribution in [2.24, 2.45) is 0 Å². The number of benzene rings is 2. The Morgan fingerprint density at radius 3 is 2.50 bits per heavy atom. The molecule has 2 aliphatic heterocycles. The van der Waals surface area contributed by atoms with Gasteiger partial charge in [0.25, 0.3) is 0 Å². The first-order valence-corrected chi connectivity index (χ1v) is 9.25. The van der Waals surface area contributed by atoms with Crippen LogP contribution in [0.3, 0.4) is 0 Å². The molecule has 2 aliphatic rings. The summed E-state index contributed by atoms with van der Waals surface area (Å²) >= 11 is 0. The van der Waals surface area contributed by atoms with Crippen molar-refractivity contribution in [3.63, 3.8) is 0 Å². The molecule has 1 fully saturated rings. The molecule has 0 aliphatic carbocycles. The van der Waals surface area contributed by atoms with Crippen LogP contribution in [0.5, 0.6) is 5.75 Å². The van der Waals surface area contributed by atoms with Crippen molar-refractivity contribution >= 4 is 17.3 Å². The van der Waals surface area contributed by atoms with Crippen LogP contribution in [0.1, 0.15) is 17.5 Å². The zero-order valence-corrected chi connectivity index (χ0v) is 15.2. The van der Waals surface area contributed by atoms with Crippen LogP contribution in [0.4, 0.5) is 11.4 Å². The second kappa shape index (κ2) is 7.38. The number of amides is 1. The summed E-state index contributed by atoms with van der Waals surface area (Å²) in [5.74, 6) is 1.03. The SMILES string of the molecule is COc1ccc(CN2CCN(c3cccc4c3CCC(=O)N4)CC2)cc1. The minimum atomic E-state index is 0.124. The molecule has 136 valence electrons. The van der Waals surface area contributed by atoms with E-state index in [2.05, 4.69) is 33.3 Å². The molecule has 0 radical (unpaired) electrons. The largest absolute Gasteiger partial charge is 0.497 e. The first kappa shape index (κ1) is 16.9. The lowest BCUT2D eigenvalue weighted by Gasteiger charge is -2.38. The van der Waals surface area contributed by atoms with Crippen LogP contribution in [0.2, 0.25) is 0 Å². The topological polar surface area (TPSA) is 44.8 Å². The summed E-state index contributed by atoms with van der Waals surface area (Å²) < 4.78 is 5.23. The lowest BCUT2D eigenvalue weighted by atomic mass is 10.00. The highest BCUT2D eigenvalue weighted by molar-refractivity contribution is 5.95. The Balaban J connectivity index is 1.39. The van der Waals surface area contributed by atoms with E-state index >= 15 is 0 Å². The van der Waals surface area contributed by atoms with E-state index in [1.54, 1.807) is 7.11 Å². The molecule has 2 aromatic rings. The van der Waals surface area contributed by atoms with Gasteiger partial charge in [-0.05, 0) is 41.8 Å². The number of fused-ring (bicyclic) bond motifs is 1. The van der Waals surface area contributed by atoms with E-state index in [-0.39, 0.29) is 5.91 Å². The predicted octanol–water partition coefficient (Wildman–Crippen LogP) is 2.90. The van der Waals surface area contributed by atoms with Gasteiger partial charge < -0.3 is 15.0 Å². The fourth-order valence-electron chi connectivity index (χ4n) is 3.84. The van der Waals surface area contributed by atoms with Gasteiger partial charge in [-0.2, -0.15) is 0 Å². The van der Waals surface area contributed by atoms with Gasteiger partial charge in [-0.1, -0.05) is 18.2 Å². The van der Waals surface area contributed by atoms with E-state index in [9.17, 15) is 4.79 Å². The Morgan fingerprint density at radius 2 is 1.77 bits per heavy atom. The Hall–Kier alpha value is -2.53. The van der Waals surface area contributed by atoms with Gasteiger partial charge in [0.1, 0.15) is 5.75 Å². The molecule has 0 spiro atoms. The van der Waals surface area contributed by atoms with E-state index in [1.165, 1.54) is 16.8 Å². The van der Waals surface area contributed by atoms with Crippen molar-refractivity contribution < 1.29 is 9.53 Å². The summed E-state index contributed by atoms with van der Waals surface area (Å²) in [6, 6.07) is 14.6. The molecule has 0 bridgehead atoms. The summed E-state index contributed by atoms with van der Waals surface area (Å²) in [5, 5.41) is 3.00. The van der Waals surface area contributed by atoms with Crippen LogP contribution in [-0.2, 0) is 17.8 Å². The second-order valence-electron chi connectivity index (χ2n) is 6.96. The number of nitrogens with one attached hydrogen (secondary N) is 1. The molecule has 2 heterocycles. The third kappa shape index (κ3) is 3.53. The first-order valence-electron chi connectivity index (χ1n) is 9.25. The molecule has 26 heavy (non-hydrogen) atoms. The van der Waals surface area contributed by atoms with E-state index in [4.69, 9.17) is 4.74 Å². The maximum absolute atomic E-state index is 11.6.